The van der Waals surface area contributed by atoms with Gasteiger partial charge in [0.15, 0.2) is 0 Å². The molecular formula is C14H18N4O. The second kappa shape index (κ2) is 5.83. The summed E-state index contributed by atoms with van der Waals surface area (Å²) in [6, 6.07) is 9.58. The van der Waals surface area contributed by atoms with Gasteiger partial charge >= 0.3 is 0 Å². The first-order valence-corrected chi connectivity index (χ1v) is 6.35. The summed E-state index contributed by atoms with van der Waals surface area (Å²) >= 11 is 0. The molecule has 0 bridgehead atoms. The minimum Gasteiger partial charge on any atom is -0.340 e. The lowest BCUT2D eigenvalue weighted by Gasteiger charge is -2.21. The molecule has 2 unspecified atom stereocenters. The maximum atomic E-state index is 12.2. The average Bonchev–Trinajstić information content (AvgIpc) is 2.84. The van der Waals surface area contributed by atoms with Crippen molar-refractivity contribution < 1.29 is 4.79 Å². The summed E-state index contributed by atoms with van der Waals surface area (Å²) in [5.74, 6) is 0.0687. The van der Waals surface area contributed by atoms with Gasteiger partial charge in [0.2, 0.25) is 5.91 Å². The fourth-order valence-corrected chi connectivity index (χ4v) is 2.23. The molecule has 0 radical (unpaired) electrons. The Labute approximate surface area is 113 Å². The highest BCUT2D eigenvalue weighted by molar-refractivity contribution is 5.81. The zero-order valence-corrected chi connectivity index (χ0v) is 11.2. The molecule has 2 N–H and O–H groups in total. The molecule has 1 aliphatic heterocycles. The van der Waals surface area contributed by atoms with E-state index in [1.165, 1.54) is 0 Å². The predicted octanol–water partition coefficient (Wildman–Crippen LogP) is 0.772. The Morgan fingerprint density at radius 3 is 2.95 bits per heavy atom. The summed E-state index contributed by atoms with van der Waals surface area (Å²) in [6.45, 7) is 2.55. The van der Waals surface area contributed by atoms with E-state index in [1.807, 2.05) is 25.1 Å². The van der Waals surface area contributed by atoms with E-state index in [0.717, 1.165) is 12.0 Å². The van der Waals surface area contributed by atoms with E-state index in [4.69, 9.17) is 5.26 Å². The van der Waals surface area contributed by atoms with Crippen LogP contribution in [0.3, 0.4) is 0 Å². The van der Waals surface area contributed by atoms with Gasteiger partial charge in [0.25, 0.3) is 0 Å². The van der Waals surface area contributed by atoms with Gasteiger partial charge in [-0.1, -0.05) is 12.1 Å². The number of hydrogen-bond acceptors (Lipinski definition) is 4. The van der Waals surface area contributed by atoms with Crippen LogP contribution in [0.5, 0.6) is 0 Å². The van der Waals surface area contributed by atoms with E-state index in [-0.39, 0.29) is 11.9 Å². The van der Waals surface area contributed by atoms with Crippen LogP contribution in [0.25, 0.3) is 0 Å². The summed E-state index contributed by atoms with van der Waals surface area (Å²) in [5, 5.41) is 8.86. The van der Waals surface area contributed by atoms with Gasteiger partial charge < -0.3 is 4.90 Å². The third kappa shape index (κ3) is 3.31. The van der Waals surface area contributed by atoms with Crippen LogP contribution < -0.4 is 10.9 Å². The minimum absolute atomic E-state index is 0.0687. The maximum Gasteiger partial charge on any atom is 0.241 e. The summed E-state index contributed by atoms with van der Waals surface area (Å²) in [7, 11) is 1.78. The first-order chi connectivity index (χ1) is 9.10. The summed E-state index contributed by atoms with van der Waals surface area (Å²) in [4.78, 5) is 13.9. The Bertz CT molecular complexity index is 508. The first kappa shape index (κ1) is 13.5. The standard InChI is InChI=1S/C14H18N4O/c1-10-6-13(17-16-10)14(19)18(2)9-12-5-3-4-11(7-12)8-15/h3-5,7,10,13,16-17H,6,9H2,1-2H3. The summed E-state index contributed by atoms with van der Waals surface area (Å²) in [6.07, 6.45) is 0.793. The topological polar surface area (TPSA) is 68.2 Å². The molecule has 1 saturated heterocycles. The zero-order chi connectivity index (χ0) is 13.8. The van der Waals surface area contributed by atoms with Crippen molar-refractivity contribution >= 4 is 5.91 Å². The van der Waals surface area contributed by atoms with Gasteiger partial charge in [-0.25, -0.2) is 5.43 Å². The smallest absolute Gasteiger partial charge is 0.241 e. The van der Waals surface area contributed by atoms with Crippen LogP contribution in [0.4, 0.5) is 0 Å². The monoisotopic (exact) mass is 258 g/mol. The third-order valence-electron chi connectivity index (χ3n) is 3.24. The molecule has 1 aromatic carbocycles. The van der Waals surface area contributed by atoms with Gasteiger partial charge in [0.05, 0.1) is 11.6 Å². The SMILES string of the molecule is CC1CC(C(=O)N(C)Cc2cccc(C#N)c2)NN1. The molecule has 1 heterocycles. The Morgan fingerprint density at radius 1 is 1.53 bits per heavy atom. The molecule has 0 saturated carbocycles. The quantitative estimate of drug-likeness (QED) is 0.840. The largest absolute Gasteiger partial charge is 0.340 e. The Kier molecular flexibility index (Phi) is 4.15. The molecule has 0 aliphatic carbocycles. The maximum absolute atomic E-state index is 12.2. The van der Waals surface area contributed by atoms with Crippen LogP contribution in [-0.4, -0.2) is 29.9 Å². The number of hydrogen-bond donors (Lipinski definition) is 2. The van der Waals surface area contributed by atoms with Crippen molar-refractivity contribution in [2.45, 2.75) is 32.0 Å². The van der Waals surface area contributed by atoms with Crippen LogP contribution in [0.15, 0.2) is 24.3 Å². The molecule has 1 fully saturated rings. The molecule has 1 aromatic rings. The van der Waals surface area contributed by atoms with E-state index in [2.05, 4.69) is 16.9 Å². The predicted molar refractivity (Wildman–Crippen MR) is 71.8 cm³/mol. The number of likely N-dealkylation sites (N-methyl/N-ethyl adjacent to an activating group) is 1. The number of nitriles is 1. The fourth-order valence-electron chi connectivity index (χ4n) is 2.23. The molecular weight excluding hydrogens is 240 g/mol. The molecule has 2 atom stereocenters. The molecule has 2 rings (SSSR count). The molecule has 1 amide bonds. The minimum atomic E-state index is -0.167. The first-order valence-electron chi connectivity index (χ1n) is 6.35. The third-order valence-corrected chi connectivity index (χ3v) is 3.24. The second-order valence-electron chi connectivity index (χ2n) is 4.98. The van der Waals surface area contributed by atoms with Gasteiger partial charge in [0, 0.05) is 19.6 Å². The van der Waals surface area contributed by atoms with Gasteiger partial charge in [-0.3, -0.25) is 10.2 Å². The molecule has 1 aliphatic rings. The molecule has 0 aromatic heterocycles. The number of benzene rings is 1. The Morgan fingerprint density at radius 2 is 2.32 bits per heavy atom. The van der Waals surface area contributed by atoms with Crippen molar-refractivity contribution in [1.82, 2.24) is 15.8 Å². The molecule has 5 heteroatoms. The van der Waals surface area contributed by atoms with Crippen LogP contribution in [-0.2, 0) is 11.3 Å². The highest BCUT2D eigenvalue weighted by Gasteiger charge is 2.28. The number of rotatable bonds is 3. The average molecular weight is 258 g/mol. The van der Waals surface area contributed by atoms with Crippen molar-refractivity contribution in [2.24, 2.45) is 0 Å². The lowest BCUT2D eigenvalue weighted by molar-refractivity contribution is -0.132. The Balaban J connectivity index is 1.98. The van der Waals surface area contributed by atoms with Crippen LogP contribution in [0.1, 0.15) is 24.5 Å². The number of nitrogens with one attached hydrogen (secondary N) is 2. The molecule has 100 valence electrons. The normalized spacial score (nSPS) is 21.9. The number of carbonyl (C=O) groups excluding carboxylic acids is 1. The van der Waals surface area contributed by atoms with Gasteiger partial charge in [-0.2, -0.15) is 5.26 Å². The van der Waals surface area contributed by atoms with Crippen molar-refractivity contribution in [2.75, 3.05) is 7.05 Å². The van der Waals surface area contributed by atoms with E-state index < -0.39 is 0 Å². The van der Waals surface area contributed by atoms with Crippen molar-refractivity contribution in [3.05, 3.63) is 35.4 Å². The van der Waals surface area contributed by atoms with Crippen LogP contribution in [0.2, 0.25) is 0 Å². The van der Waals surface area contributed by atoms with Crippen molar-refractivity contribution in [3.63, 3.8) is 0 Å². The van der Waals surface area contributed by atoms with Crippen LogP contribution in [0, 0.1) is 11.3 Å². The van der Waals surface area contributed by atoms with E-state index in [1.54, 1.807) is 18.0 Å². The van der Waals surface area contributed by atoms with Crippen molar-refractivity contribution in [3.8, 4) is 6.07 Å². The summed E-state index contributed by atoms with van der Waals surface area (Å²) < 4.78 is 0. The van der Waals surface area contributed by atoms with Gasteiger partial charge in [-0.15, -0.1) is 0 Å². The zero-order valence-electron chi connectivity index (χ0n) is 11.2. The van der Waals surface area contributed by atoms with Gasteiger partial charge in [-0.05, 0) is 31.0 Å². The molecule has 0 spiro atoms. The number of carbonyl (C=O) groups is 1. The highest BCUT2D eigenvalue weighted by atomic mass is 16.2. The fraction of sp³-hybridized carbons (Fsp3) is 0.429. The number of amides is 1. The Hall–Kier alpha value is -1.90. The second-order valence-corrected chi connectivity index (χ2v) is 4.98. The summed E-state index contributed by atoms with van der Waals surface area (Å²) in [5.41, 5.74) is 7.63. The molecule has 5 nitrogen and oxygen atoms in total. The molecule has 19 heavy (non-hydrogen) atoms. The van der Waals surface area contributed by atoms with E-state index in [9.17, 15) is 4.79 Å². The highest BCUT2D eigenvalue weighted by Crippen LogP contribution is 2.11. The van der Waals surface area contributed by atoms with Crippen molar-refractivity contribution in [1.29, 1.82) is 5.26 Å². The van der Waals surface area contributed by atoms with E-state index in [0.29, 0.717) is 18.2 Å². The van der Waals surface area contributed by atoms with Gasteiger partial charge in [0.1, 0.15) is 6.04 Å². The number of nitrogens with zero attached hydrogens (tertiary/aromatic N) is 2. The lowest BCUT2D eigenvalue weighted by atomic mass is 10.1. The lowest BCUT2D eigenvalue weighted by Crippen LogP contribution is -2.43. The van der Waals surface area contributed by atoms with Crippen LogP contribution >= 0.6 is 0 Å². The number of hydrazine groups is 1. The van der Waals surface area contributed by atoms with E-state index >= 15 is 0 Å².